The van der Waals surface area contributed by atoms with E-state index >= 15 is 0 Å². The van der Waals surface area contributed by atoms with Gasteiger partial charge in [0.15, 0.2) is 6.29 Å². The molecule has 0 unspecified atom stereocenters. The van der Waals surface area contributed by atoms with Gasteiger partial charge in [0.25, 0.3) is 0 Å². The van der Waals surface area contributed by atoms with Gasteiger partial charge in [-0.1, -0.05) is 18.2 Å². The standard InChI is InChI=1S/C15H12FNO/c16-13-6-5-11-7-8-17(15(11)9-13)14-4-2-1-3-12(14)10-18/h1-6,9-10H,7-8H2. The van der Waals surface area contributed by atoms with Crippen LogP contribution in [0.1, 0.15) is 15.9 Å². The second-order valence-corrected chi connectivity index (χ2v) is 4.35. The summed E-state index contributed by atoms with van der Waals surface area (Å²) in [5.74, 6) is -0.246. The van der Waals surface area contributed by atoms with Crippen LogP contribution in [-0.4, -0.2) is 12.8 Å². The van der Waals surface area contributed by atoms with E-state index in [1.165, 1.54) is 12.1 Å². The Morgan fingerprint density at radius 2 is 1.94 bits per heavy atom. The van der Waals surface area contributed by atoms with Crippen LogP contribution in [0, 0.1) is 5.82 Å². The van der Waals surface area contributed by atoms with Gasteiger partial charge in [-0.3, -0.25) is 4.79 Å². The summed E-state index contributed by atoms with van der Waals surface area (Å²) < 4.78 is 13.3. The number of carbonyl (C=O) groups is 1. The first-order chi connectivity index (χ1) is 8.79. The van der Waals surface area contributed by atoms with E-state index in [0.29, 0.717) is 5.56 Å². The number of hydrogen-bond acceptors (Lipinski definition) is 2. The van der Waals surface area contributed by atoms with Crippen LogP contribution in [0.4, 0.5) is 15.8 Å². The Hall–Kier alpha value is -2.16. The first kappa shape index (κ1) is 11.0. The second-order valence-electron chi connectivity index (χ2n) is 4.35. The van der Waals surface area contributed by atoms with Gasteiger partial charge in [0.2, 0.25) is 0 Å². The number of carbonyl (C=O) groups excluding carboxylic acids is 1. The van der Waals surface area contributed by atoms with Crippen molar-refractivity contribution in [1.82, 2.24) is 0 Å². The van der Waals surface area contributed by atoms with Crippen molar-refractivity contribution in [3.05, 3.63) is 59.4 Å². The fourth-order valence-corrected chi connectivity index (χ4v) is 2.44. The number of benzene rings is 2. The smallest absolute Gasteiger partial charge is 0.152 e. The van der Waals surface area contributed by atoms with Crippen molar-refractivity contribution in [3.63, 3.8) is 0 Å². The quantitative estimate of drug-likeness (QED) is 0.752. The third kappa shape index (κ3) is 1.68. The van der Waals surface area contributed by atoms with Crippen LogP contribution in [-0.2, 0) is 6.42 Å². The molecule has 0 spiro atoms. The Morgan fingerprint density at radius 3 is 2.78 bits per heavy atom. The van der Waals surface area contributed by atoms with Gasteiger partial charge in [0, 0.05) is 17.8 Å². The molecule has 18 heavy (non-hydrogen) atoms. The fourth-order valence-electron chi connectivity index (χ4n) is 2.44. The Balaban J connectivity index is 2.11. The molecule has 1 heterocycles. The van der Waals surface area contributed by atoms with E-state index in [2.05, 4.69) is 0 Å². The summed E-state index contributed by atoms with van der Waals surface area (Å²) in [6.07, 6.45) is 1.72. The molecule has 1 aliphatic heterocycles. The second kappa shape index (κ2) is 4.26. The lowest BCUT2D eigenvalue weighted by Gasteiger charge is -2.21. The van der Waals surface area contributed by atoms with Crippen molar-refractivity contribution in [2.45, 2.75) is 6.42 Å². The number of nitrogens with zero attached hydrogens (tertiary/aromatic N) is 1. The maximum atomic E-state index is 13.3. The highest BCUT2D eigenvalue weighted by Gasteiger charge is 2.22. The van der Waals surface area contributed by atoms with Crippen molar-refractivity contribution in [3.8, 4) is 0 Å². The third-order valence-corrected chi connectivity index (χ3v) is 3.30. The van der Waals surface area contributed by atoms with Crippen molar-refractivity contribution in [1.29, 1.82) is 0 Å². The third-order valence-electron chi connectivity index (χ3n) is 3.30. The van der Waals surface area contributed by atoms with Crippen LogP contribution in [0.3, 0.4) is 0 Å². The number of hydrogen-bond donors (Lipinski definition) is 0. The van der Waals surface area contributed by atoms with Crippen LogP contribution >= 0.6 is 0 Å². The summed E-state index contributed by atoms with van der Waals surface area (Å²) >= 11 is 0. The van der Waals surface area contributed by atoms with Gasteiger partial charge in [-0.25, -0.2) is 4.39 Å². The SMILES string of the molecule is O=Cc1ccccc1N1CCc2ccc(F)cc21. The molecule has 90 valence electrons. The fraction of sp³-hybridized carbons (Fsp3) is 0.133. The molecule has 1 aliphatic rings. The number of rotatable bonds is 2. The van der Waals surface area contributed by atoms with Gasteiger partial charge in [-0.05, 0) is 36.2 Å². The highest BCUT2D eigenvalue weighted by Crippen LogP contribution is 2.36. The van der Waals surface area contributed by atoms with Gasteiger partial charge in [-0.15, -0.1) is 0 Å². The molecular weight excluding hydrogens is 229 g/mol. The highest BCUT2D eigenvalue weighted by atomic mass is 19.1. The van der Waals surface area contributed by atoms with Gasteiger partial charge in [0.05, 0.1) is 5.69 Å². The normalized spacial score (nSPS) is 13.5. The van der Waals surface area contributed by atoms with E-state index in [1.807, 2.05) is 29.2 Å². The van der Waals surface area contributed by atoms with Crippen molar-refractivity contribution >= 4 is 17.7 Å². The lowest BCUT2D eigenvalue weighted by molar-refractivity contribution is 0.112. The highest BCUT2D eigenvalue weighted by molar-refractivity contribution is 5.87. The van der Waals surface area contributed by atoms with Crippen molar-refractivity contribution in [2.75, 3.05) is 11.4 Å². The van der Waals surface area contributed by atoms with Crippen molar-refractivity contribution in [2.24, 2.45) is 0 Å². The summed E-state index contributed by atoms with van der Waals surface area (Å²) in [6, 6.07) is 12.2. The van der Waals surface area contributed by atoms with Crippen LogP contribution in [0.5, 0.6) is 0 Å². The summed E-state index contributed by atoms with van der Waals surface area (Å²) in [6.45, 7) is 0.781. The summed E-state index contributed by atoms with van der Waals surface area (Å²) in [4.78, 5) is 13.1. The average Bonchev–Trinajstić information content (AvgIpc) is 2.81. The van der Waals surface area contributed by atoms with Crippen LogP contribution in [0.25, 0.3) is 0 Å². The molecule has 3 heteroatoms. The predicted molar refractivity (Wildman–Crippen MR) is 68.9 cm³/mol. The van der Waals surface area contributed by atoms with E-state index in [9.17, 15) is 9.18 Å². The molecule has 0 saturated heterocycles. The predicted octanol–water partition coefficient (Wildman–Crippen LogP) is 3.33. The minimum Gasteiger partial charge on any atom is -0.340 e. The lowest BCUT2D eigenvalue weighted by atomic mass is 10.1. The summed E-state index contributed by atoms with van der Waals surface area (Å²) in [5, 5.41) is 0. The van der Waals surface area contributed by atoms with Crippen LogP contribution < -0.4 is 4.90 Å². The lowest BCUT2D eigenvalue weighted by Crippen LogP contribution is -2.15. The van der Waals surface area contributed by atoms with E-state index in [0.717, 1.165) is 36.2 Å². The molecule has 2 nitrogen and oxygen atoms in total. The zero-order valence-electron chi connectivity index (χ0n) is 9.77. The topological polar surface area (TPSA) is 20.3 Å². The molecule has 0 aromatic heterocycles. The zero-order chi connectivity index (χ0) is 12.5. The maximum absolute atomic E-state index is 13.3. The maximum Gasteiger partial charge on any atom is 0.152 e. The van der Waals surface area contributed by atoms with Gasteiger partial charge < -0.3 is 4.90 Å². The Bertz CT molecular complexity index is 609. The molecule has 0 atom stereocenters. The van der Waals surface area contributed by atoms with Crippen LogP contribution in [0.15, 0.2) is 42.5 Å². The molecule has 3 rings (SSSR count). The molecule has 0 radical (unpaired) electrons. The Kier molecular flexibility index (Phi) is 2.59. The van der Waals surface area contributed by atoms with Gasteiger partial charge in [0.1, 0.15) is 5.82 Å². The minimum atomic E-state index is -0.246. The molecule has 0 aliphatic carbocycles. The molecule has 0 saturated carbocycles. The summed E-state index contributed by atoms with van der Waals surface area (Å²) in [5.41, 5.74) is 3.47. The first-order valence-corrected chi connectivity index (χ1v) is 5.90. The first-order valence-electron chi connectivity index (χ1n) is 5.90. The summed E-state index contributed by atoms with van der Waals surface area (Å²) in [7, 11) is 0. The molecule has 0 N–H and O–H groups in total. The van der Waals surface area contributed by atoms with E-state index < -0.39 is 0 Å². The largest absolute Gasteiger partial charge is 0.340 e. The number of halogens is 1. The van der Waals surface area contributed by atoms with Crippen molar-refractivity contribution < 1.29 is 9.18 Å². The number of para-hydroxylation sites is 1. The molecular formula is C15H12FNO. The molecule has 2 aromatic rings. The molecule has 0 bridgehead atoms. The Morgan fingerprint density at radius 1 is 1.11 bits per heavy atom. The average molecular weight is 241 g/mol. The van der Waals surface area contributed by atoms with Gasteiger partial charge >= 0.3 is 0 Å². The zero-order valence-corrected chi connectivity index (χ0v) is 9.77. The Labute approximate surface area is 105 Å². The van der Waals surface area contributed by atoms with E-state index in [-0.39, 0.29) is 5.82 Å². The number of anilines is 2. The minimum absolute atomic E-state index is 0.246. The van der Waals surface area contributed by atoms with E-state index in [1.54, 1.807) is 6.07 Å². The van der Waals surface area contributed by atoms with Gasteiger partial charge in [-0.2, -0.15) is 0 Å². The van der Waals surface area contributed by atoms with E-state index in [4.69, 9.17) is 0 Å². The van der Waals surface area contributed by atoms with Crippen LogP contribution in [0.2, 0.25) is 0 Å². The number of fused-ring (bicyclic) bond motifs is 1. The number of aldehydes is 1. The molecule has 2 aromatic carbocycles. The monoisotopic (exact) mass is 241 g/mol. The molecule has 0 fully saturated rings. The molecule has 0 amide bonds.